The molecular weight excluding hydrogens is 236 g/mol. The standard InChI is InChI=1S/C12H17ClN4/c1-3-5-6-9(4-2)12-15-14-11-8-7-10(13)16-17(11)12/h7-9H,3-6H2,1-2H3. The molecule has 0 N–H and O–H groups in total. The van der Waals surface area contributed by atoms with Gasteiger partial charge in [0, 0.05) is 5.92 Å². The molecule has 0 bridgehead atoms. The molecule has 2 heterocycles. The lowest BCUT2D eigenvalue weighted by Crippen LogP contribution is -2.06. The van der Waals surface area contributed by atoms with Gasteiger partial charge in [-0.05, 0) is 25.0 Å². The number of rotatable bonds is 5. The van der Waals surface area contributed by atoms with Crippen LogP contribution in [-0.2, 0) is 0 Å². The zero-order valence-electron chi connectivity index (χ0n) is 10.2. The fourth-order valence-corrected chi connectivity index (χ4v) is 2.14. The van der Waals surface area contributed by atoms with Crippen molar-refractivity contribution in [2.24, 2.45) is 0 Å². The normalized spacial score (nSPS) is 13.1. The van der Waals surface area contributed by atoms with Crippen molar-refractivity contribution in [3.8, 4) is 0 Å². The van der Waals surface area contributed by atoms with Crippen LogP contribution in [0.15, 0.2) is 12.1 Å². The van der Waals surface area contributed by atoms with Crippen molar-refractivity contribution >= 4 is 17.2 Å². The van der Waals surface area contributed by atoms with E-state index >= 15 is 0 Å². The van der Waals surface area contributed by atoms with Crippen molar-refractivity contribution in [1.82, 2.24) is 19.8 Å². The molecule has 0 amide bonds. The van der Waals surface area contributed by atoms with Crippen LogP contribution in [0.2, 0.25) is 5.15 Å². The van der Waals surface area contributed by atoms with Gasteiger partial charge in [-0.25, -0.2) is 0 Å². The summed E-state index contributed by atoms with van der Waals surface area (Å²) in [5, 5.41) is 13.1. The van der Waals surface area contributed by atoms with E-state index in [0.717, 1.165) is 24.3 Å². The minimum Gasteiger partial charge on any atom is -0.196 e. The molecule has 1 unspecified atom stereocenters. The summed E-state index contributed by atoms with van der Waals surface area (Å²) in [6.45, 7) is 4.37. The molecular formula is C12H17ClN4. The van der Waals surface area contributed by atoms with Crippen LogP contribution in [0.3, 0.4) is 0 Å². The maximum atomic E-state index is 5.91. The molecule has 0 radical (unpaired) electrons. The number of hydrogen-bond donors (Lipinski definition) is 0. The molecule has 1 atom stereocenters. The van der Waals surface area contributed by atoms with Crippen molar-refractivity contribution in [2.75, 3.05) is 0 Å². The first kappa shape index (κ1) is 12.3. The third-order valence-corrected chi connectivity index (χ3v) is 3.22. The number of nitrogens with zero attached hydrogens (tertiary/aromatic N) is 4. The Balaban J connectivity index is 2.35. The van der Waals surface area contributed by atoms with Crippen LogP contribution in [0, 0.1) is 0 Å². The van der Waals surface area contributed by atoms with Gasteiger partial charge in [0.1, 0.15) is 5.15 Å². The summed E-state index contributed by atoms with van der Waals surface area (Å²) in [5.74, 6) is 1.34. The summed E-state index contributed by atoms with van der Waals surface area (Å²) in [5.41, 5.74) is 0.763. The minimum atomic E-state index is 0.413. The van der Waals surface area contributed by atoms with Gasteiger partial charge in [0.05, 0.1) is 0 Å². The molecule has 0 saturated carbocycles. The summed E-state index contributed by atoms with van der Waals surface area (Å²) >= 11 is 5.91. The molecule has 0 aromatic carbocycles. The topological polar surface area (TPSA) is 43.1 Å². The van der Waals surface area contributed by atoms with E-state index in [-0.39, 0.29) is 0 Å². The Bertz CT molecular complexity index is 494. The second-order valence-electron chi connectivity index (χ2n) is 4.23. The average Bonchev–Trinajstić information content (AvgIpc) is 2.73. The lowest BCUT2D eigenvalue weighted by atomic mass is 9.99. The lowest BCUT2D eigenvalue weighted by Gasteiger charge is -2.11. The fraction of sp³-hybridized carbons (Fsp3) is 0.583. The molecule has 5 heteroatoms. The van der Waals surface area contributed by atoms with Gasteiger partial charge in [-0.1, -0.05) is 38.3 Å². The maximum absolute atomic E-state index is 5.91. The van der Waals surface area contributed by atoms with Crippen LogP contribution in [0.5, 0.6) is 0 Å². The summed E-state index contributed by atoms with van der Waals surface area (Å²) < 4.78 is 1.77. The van der Waals surface area contributed by atoms with Crippen LogP contribution in [0.1, 0.15) is 51.3 Å². The molecule has 4 nitrogen and oxygen atoms in total. The van der Waals surface area contributed by atoms with Crippen LogP contribution in [0.4, 0.5) is 0 Å². The van der Waals surface area contributed by atoms with Gasteiger partial charge in [-0.3, -0.25) is 0 Å². The third-order valence-electron chi connectivity index (χ3n) is 3.02. The summed E-state index contributed by atoms with van der Waals surface area (Å²) in [4.78, 5) is 0. The SMILES string of the molecule is CCCCC(CC)c1nnc2ccc(Cl)nn12. The Morgan fingerprint density at radius 1 is 1.29 bits per heavy atom. The first-order chi connectivity index (χ1) is 8.26. The molecule has 17 heavy (non-hydrogen) atoms. The van der Waals surface area contributed by atoms with Gasteiger partial charge in [-0.15, -0.1) is 10.2 Å². The van der Waals surface area contributed by atoms with Crippen molar-refractivity contribution in [3.63, 3.8) is 0 Å². The minimum absolute atomic E-state index is 0.413. The molecule has 0 spiro atoms. The Kier molecular flexibility index (Phi) is 3.94. The van der Waals surface area contributed by atoms with Crippen molar-refractivity contribution < 1.29 is 0 Å². The quantitative estimate of drug-likeness (QED) is 0.819. The van der Waals surface area contributed by atoms with E-state index in [1.54, 1.807) is 10.6 Å². The fourth-order valence-electron chi connectivity index (χ4n) is 2.00. The van der Waals surface area contributed by atoms with E-state index in [1.807, 2.05) is 6.07 Å². The smallest absolute Gasteiger partial charge is 0.178 e. The van der Waals surface area contributed by atoms with E-state index in [0.29, 0.717) is 11.1 Å². The summed E-state index contributed by atoms with van der Waals surface area (Å²) in [6, 6.07) is 3.58. The second kappa shape index (κ2) is 5.45. The van der Waals surface area contributed by atoms with Crippen molar-refractivity contribution in [2.45, 2.75) is 45.4 Å². The predicted octanol–water partition coefficient (Wildman–Crippen LogP) is 3.46. The molecule has 0 aliphatic rings. The Labute approximate surface area is 106 Å². The van der Waals surface area contributed by atoms with E-state index in [1.165, 1.54) is 12.8 Å². The lowest BCUT2D eigenvalue weighted by molar-refractivity contribution is 0.531. The molecule has 2 aromatic rings. The van der Waals surface area contributed by atoms with Gasteiger partial charge < -0.3 is 0 Å². The van der Waals surface area contributed by atoms with Crippen LogP contribution in [-0.4, -0.2) is 19.8 Å². The van der Waals surface area contributed by atoms with E-state index < -0.39 is 0 Å². The monoisotopic (exact) mass is 252 g/mol. The third kappa shape index (κ3) is 2.57. The average molecular weight is 253 g/mol. The molecule has 2 rings (SSSR count). The van der Waals surface area contributed by atoms with Crippen molar-refractivity contribution in [1.29, 1.82) is 0 Å². The van der Waals surface area contributed by atoms with E-state index in [4.69, 9.17) is 11.6 Å². The van der Waals surface area contributed by atoms with E-state index in [9.17, 15) is 0 Å². The van der Waals surface area contributed by atoms with Gasteiger partial charge >= 0.3 is 0 Å². The Morgan fingerprint density at radius 2 is 2.12 bits per heavy atom. The maximum Gasteiger partial charge on any atom is 0.178 e. The van der Waals surface area contributed by atoms with Crippen LogP contribution < -0.4 is 0 Å². The molecule has 92 valence electrons. The highest BCUT2D eigenvalue weighted by Gasteiger charge is 2.16. The van der Waals surface area contributed by atoms with Gasteiger partial charge in [0.15, 0.2) is 11.5 Å². The number of aromatic nitrogens is 4. The summed E-state index contributed by atoms with van der Waals surface area (Å²) in [7, 11) is 0. The number of hydrogen-bond acceptors (Lipinski definition) is 3. The van der Waals surface area contributed by atoms with E-state index in [2.05, 4.69) is 29.1 Å². The predicted molar refractivity (Wildman–Crippen MR) is 68.3 cm³/mol. The summed E-state index contributed by atoms with van der Waals surface area (Å²) in [6.07, 6.45) is 4.58. The van der Waals surface area contributed by atoms with Gasteiger partial charge in [0.25, 0.3) is 0 Å². The van der Waals surface area contributed by atoms with Gasteiger partial charge in [-0.2, -0.15) is 9.61 Å². The largest absolute Gasteiger partial charge is 0.196 e. The Hall–Kier alpha value is -1.16. The molecule has 0 aliphatic carbocycles. The molecule has 0 fully saturated rings. The first-order valence-corrected chi connectivity index (χ1v) is 6.52. The highest BCUT2D eigenvalue weighted by molar-refractivity contribution is 6.29. The van der Waals surface area contributed by atoms with Gasteiger partial charge in [0.2, 0.25) is 0 Å². The molecule has 0 saturated heterocycles. The molecule has 0 aliphatic heterocycles. The number of unbranched alkanes of at least 4 members (excludes halogenated alkanes) is 1. The number of halogens is 1. The highest BCUT2D eigenvalue weighted by atomic mass is 35.5. The Morgan fingerprint density at radius 3 is 2.82 bits per heavy atom. The second-order valence-corrected chi connectivity index (χ2v) is 4.62. The van der Waals surface area contributed by atoms with Crippen LogP contribution in [0.25, 0.3) is 5.65 Å². The van der Waals surface area contributed by atoms with Crippen molar-refractivity contribution in [3.05, 3.63) is 23.1 Å². The first-order valence-electron chi connectivity index (χ1n) is 6.14. The zero-order chi connectivity index (χ0) is 12.3. The number of fused-ring (bicyclic) bond motifs is 1. The molecule has 2 aromatic heterocycles. The highest BCUT2D eigenvalue weighted by Crippen LogP contribution is 2.24. The zero-order valence-corrected chi connectivity index (χ0v) is 11.0. The van der Waals surface area contributed by atoms with Crippen LogP contribution >= 0.6 is 11.6 Å².